The van der Waals surface area contributed by atoms with E-state index in [1.165, 1.54) is 12.8 Å². The van der Waals surface area contributed by atoms with Crippen LogP contribution in [0.15, 0.2) is 0 Å². The number of nitrogens with one attached hydrogen (secondary N) is 1. The van der Waals surface area contributed by atoms with Crippen molar-refractivity contribution in [3.63, 3.8) is 0 Å². The standard InChI is InChI=1S/C7H13N5S/c1-11(6-2-3-6)4-5-12-7(13)8-9-10-12/h6H,2-5H2,1H3,(H,8,10,13). The summed E-state index contributed by atoms with van der Waals surface area (Å²) in [7, 11) is 2.14. The molecule has 0 aromatic carbocycles. The zero-order chi connectivity index (χ0) is 9.26. The molecule has 1 fully saturated rings. The van der Waals surface area contributed by atoms with Crippen molar-refractivity contribution in [2.45, 2.75) is 25.4 Å². The van der Waals surface area contributed by atoms with Crippen LogP contribution < -0.4 is 0 Å². The van der Waals surface area contributed by atoms with Gasteiger partial charge in [-0.25, -0.2) is 4.68 Å². The topological polar surface area (TPSA) is 49.7 Å². The number of rotatable bonds is 4. The minimum Gasteiger partial charge on any atom is -0.302 e. The Morgan fingerprint density at radius 3 is 3.00 bits per heavy atom. The first-order valence-electron chi connectivity index (χ1n) is 4.45. The second-order valence-electron chi connectivity index (χ2n) is 3.45. The quantitative estimate of drug-likeness (QED) is 0.714. The van der Waals surface area contributed by atoms with Crippen LogP contribution in [0.4, 0.5) is 0 Å². The Morgan fingerprint density at radius 1 is 1.69 bits per heavy atom. The van der Waals surface area contributed by atoms with E-state index in [0.29, 0.717) is 4.77 Å². The van der Waals surface area contributed by atoms with E-state index in [4.69, 9.17) is 12.2 Å². The van der Waals surface area contributed by atoms with Crippen LogP contribution in [0.25, 0.3) is 0 Å². The summed E-state index contributed by atoms with van der Waals surface area (Å²) in [6.07, 6.45) is 2.67. The molecule has 72 valence electrons. The third-order valence-electron chi connectivity index (χ3n) is 2.38. The number of hydrogen-bond donors (Lipinski definition) is 1. The Kier molecular flexibility index (Phi) is 2.41. The molecule has 13 heavy (non-hydrogen) atoms. The van der Waals surface area contributed by atoms with Crippen molar-refractivity contribution in [3.05, 3.63) is 4.77 Å². The molecule has 1 aliphatic rings. The Hall–Kier alpha value is -0.750. The van der Waals surface area contributed by atoms with Crippen molar-refractivity contribution in [1.82, 2.24) is 25.1 Å². The highest BCUT2D eigenvalue weighted by atomic mass is 32.1. The predicted octanol–water partition coefficient (Wildman–Crippen LogP) is 0.430. The van der Waals surface area contributed by atoms with Gasteiger partial charge in [0.15, 0.2) is 0 Å². The van der Waals surface area contributed by atoms with Gasteiger partial charge in [0.1, 0.15) is 0 Å². The molecule has 6 heteroatoms. The van der Waals surface area contributed by atoms with Crippen molar-refractivity contribution >= 4 is 12.2 Å². The number of hydrogen-bond acceptors (Lipinski definition) is 4. The molecule has 1 aliphatic carbocycles. The van der Waals surface area contributed by atoms with E-state index in [1.54, 1.807) is 4.68 Å². The molecule has 2 rings (SSSR count). The fraction of sp³-hybridized carbons (Fsp3) is 0.857. The van der Waals surface area contributed by atoms with Gasteiger partial charge >= 0.3 is 0 Å². The van der Waals surface area contributed by atoms with Crippen LogP contribution in [0.2, 0.25) is 0 Å². The van der Waals surface area contributed by atoms with Crippen molar-refractivity contribution in [3.8, 4) is 0 Å². The highest BCUT2D eigenvalue weighted by Gasteiger charge is 2.25. The minimum atomic E-state index is 0.532. The Bertz CT molecular complexity index is 326. The van der Waals surface area contributed by atoms with Gasteiger partial charge in [0.25, 0.3) is 0 Å². The summed E-state index contributed by atoms with van der Waals surface area (Å²) in [4.78, 5) is 2.35. The molecule has 1 saturated carbocycles. The van der Waals surface area contributed by atoms with Crippen LogP contribution >= 0.6 is 12.2 Å². The maximum absolute atomic E-state index is 4.96. The van der Waals surface area contributed by atoms with Crippen LogP contribution in [0.1, 0.15) is 12.8 Å². The Labute approximate surface area is 81.7 Å². The molecule has 0 saturated heterocycles. The number of aromatic amines is 1. The van der Waals surface area contributed by atoms with Gasteiger partial charge in [0.05, 0.1) is 6.54 Å². The van der Waals surface area contributed by atoms with Crippen LogP contribution in [0, 0.1) is 4.77 Å². The van der Waals surface area contributed by atoms with E-state index in [1.807, 2.05) is 0 Å². The molecule has 5 nitrogen and oxygen atoms in total. The van der Waals surface area contributed by atoms with Crippen molar-refractivity contribution in [2.24, 2.45) is 0 Å². The van der Waals surface area contributed by atoms with E-state index < -0.39 is 0 Å². The lowest BCUT2D eigenvalue weighted by atomic mass is 10.5. The molecule has 1 aromatic heterocycles. The first-order valence-corrected chi connectivity index (χ1v) is 4.86. The van der Waals surface area contributed by atoms with Crippen molar-refractivity contribution < 1.29 is 0 Å². The predicted molar refractivity (Wildman–Crippen MR) is 50.9 cm³/mol. The minimum absolute atomic E-state index is 0.532. The normalized spacial score (nSPS) is 16.8. The molecule has 0 radical (unpaired) electrons. The molecule has 0 spiro atoms. The fourth-order valence-corrected chi connectivity index (χ4v) is 1.49. The van der Waals surface area contributed by atoms with Gasteiger partial charge in [-0.1, -0.05) is 10.3 Å². The highest BCUT2D eigenvalue weighted by molar-refractivity contribution is 7.71. The summed E-state index contributed by atoms with van der Waals surface area (Å²) < 4.78 is 2.32. The summed E-state index contributed by atoms with van der Waals surface area (Å²) in [5, 5.41) is 10.1. The van der Waals surface area contributed by atoms with E-state index in [9.17, 15) is 0 Å². The molecular weight excluding hydrogens is 186 g/mol. The first kappa shape index (κ1) is 8.83. The summed E-state index contributed by atoms with van der Waals surface area (Å²) >= 11 is 4.96. The third-order valence-corrected chi connectivity index (χ3v) is 2.68. The van der Waals surface area contributed by atoms with E-state index in [-0.39, 0.29) is 0 Å². The van der Waals surface area contributed by atoms with Crippen LogP contribution in [0.5, 0.6) is 0 Å². The molecule has 0 amide bonds. The largest absolute Gasteiger partial charge is 0.302 e. The zero-order valence-corrected chi connectivity index (χ0v) is 8.42. The average Bonchev–Trinajstić information content (AvgIpc) is 2.88. The third kappa shape index (κ3) is 2.13. The Balaban J connectivity index is 1.85. The van der Waals surface area contributed by atoms with E-state index in [0.717, 1.165) is 19.1 Å². The zero-order valence-electron chi connectivity index (χ0n) is 7.60. The summed E-state index contributed by atoms with van der Waals surface area (Å²) in [5.41, 5.74) is 0. The van der Waals surface area contributed by atoms with Gasteiger partial charge in [0, 0.05) is 12.6 Å². The molecular formula is C7H13N5S. The first-order chi connectivity index (χ1) is 6.27. The molecule has 1 heterocycles. The Morgan fingerprint density at radius 2 is 2.46 bits per heavy atom. The molecule has 0 atom stereocenters. The molecule has 1 N–H and O–H groups in total. The monoisotopic (exact) mass is 199 g/mol. The molecule has 1 aromatic rings. The number of H-pyrrole nitrogens is 1. The summed E-state index contributed by atoms with van der Waals surface area (Å²) in [6.45, 7) is 1.85. The van der Waals surface area contributed by atoms with Gasteiger partial charge in [0.2, 0.25) is 4.77 Å². The number of nitrogens with zero attached hydrogens (tertiary/aromatic N) is 4. The van der Waals surface area contributed by atoms with Gasteiger partial charge in [-0.2, -0.15) is 5.21 Å². The van der Waals surface area contributed by atoms with Crippen LogP contribution in [-0.2, 0) is 6.54 Å². The lowest BCUT2D eigenvalue weighted by Crippen LogP contribution is -2.25. The van der Waals surface area contributed by atoms with Crippen LogP contribution in [0.3, 0.4) is 0 Å². The van der Waals surface area contributed by atoms with Gasteiger partial charge < -0.3 is 4.90 Å². The lowest BCUT2D eigenvalue weighted by Gasteiger charge is -2.14. The lowest BCUT2D eigenvalue weighted by molar-refractivity contribution is 0.301. The number of aromatic nitrogens is 4. The number of likely N-dealkylation sites (N-methyl/N-ethyl adjacent to an activating group) is 1. The second-order valence-corrected chi connectivity index (χ2v) is 3.81. The SMILES string of the molecule is CN(CCn1[nH]nnc1=S)C1CC1. The summed E-state index contributed by atoms with van der Waals surface area (Å²) in [6, 6.07) is 0.796. The smallest absolute Gasteiger partial charge is 0.238 e. The van der Waals surface area contributed by atoms with Gasteiger partial charge in [-0.05, 0) is 32.1 Å². The molecule has 0 bridgehead atoms. The maximum atomic E-state index is 4.96. The molecule has 0 unspecified atom stereocenters. The summed E-state index contributed by atoms with van der Waals surface area (Å²) in [5.74, 6) is 0. The number of tetrazole rings is 1. The van der Waals surface area contributed by atoms with Crippen molar-refractivity contribution in [2.75, 3.05) is 13.6 Å². The molecule has 0 aliphatic heterocycles. The van der Waals surface area contributed by atoms with E-state index in [2.05, 4.69) is 27.5 Å². The average molecular weight is 199 g/mol. The fourth-order valence-electron chi connectivity index (χ4n) is 1.32. The second kappa shape index (κ2) is 3.55. The van der Waals surface area contributed by atoms with Gasteiger partial charge in [-0.15, -0.1) is 0 Å². The van der Waals surface area contributed by atoms with Gasteiger partial charge in [-0.3, -0.25) is 0 Å². The van der Waals surface area contributed by atoms with E-state index >= 15 is 0 Å². The maximum Gasteiger partial charge on any atom is 0.238 e. The van der Waals surface area contributed by atoms with Crippen LogP contribution in [-0.4, -0.2) is 44.7 Å². The van der Waals surface area contributed by atoms with Crippen molar-refractivity contribution in [1.29, 1.82) is 0 Å². The highest BCUT2D eigenvalue weighted by Crippen LogP contribution is 2.24.